The van der Waals surface area contributed by atoms with Crippen LogP contribution in [0.3, 0.4) is 0 Å². The average Bonchev–Trinajstić information content (AvgIpc) is 3.22. The van der Waals surface area contributed by atoms with Gasteiger partial charge >= 0.3 is 0 Å². The van der Waals surface area contributed by atoms with Crippen LogP contribution >= 0.6 is 12.6 Å². The van der Waals surface area contributed by atoms with Crippen molar-refractivity contribution < 1.29 is 14.6 Å². The van der Waals surface area contributed by atoms with Crippen molar-refractivity contribution in [3.8, 4) is 11.5 Å². The number of hydrogen-bond acceptors (Lipinski definition) is 4. The molecule has 19 heavy (non-hydrogen) atoms. The van der Waals surface area contributed by atoms with Gasteiger partial charge in [0.15, 0.2) is 11.5 Å². The molecule has 1 aromatic carbocycles. The van der Waals surface area contributed by atoms with Gasteiger partial charge in [-0.25, -0.2) is 0 Å². The largest absolute Gasteiger partial charge is 0.504 e. The van der Waals surface area contributed by atoms with Crippen LogP contribution in [0.5, 0.6) is 11.5 Å². The molecule has 104 valence electrons. The Balaban J connectivity index is 2.10. The molecule has 1 aromatic rings. The van der Waals surface area contributed by atoms with Gasteiger partial charge in [0.05, 0.1) is 7.11 Å². The van der Waals surface area contributed by atoms with E-state index in [1.807, 2.05) is 11.0 Å². The molecule has 0 bridgehead atoms. The SMILES string of the molecule is COc1cc(CN(C(=O)CCS)C2CC2)ccc1O. The summed E-state index contributed by atoms with van der Waals surface area (Å²) >= 11 is 4.11. The van der Waals surface area contributed by atoms with E-state index < -0.39 is 0 Å². The molecule has 1 fully saturated rings. The highest BCUT2D eigenvalue weighted by Crippen LogP contribution is 2.31. The lowest BCUT2D eigenvalue weighted by Crippen LogP contribution is -2.32. The molecule has 1 saturated carbocycles. The molecule has 0 saturated heterocycles. The van der Waals surface area contributed by atoms with Gasteiger partial charge in [-0.05, 0) is 36.3 Å². The summed E-state index contributed by atoms with van der Waals surface area (Å²) < 4.78 is 5.09. The fourth-order valence-electron chi connectivity index (χ4n) is 2.06. The number of phenols is 1. The van der Waals surface area contributed by atoms with E-state index in [0.29, 0.717) is 30.5 Å². The summed E-state index contributed by atoms with van der Waals surface area (Å²) in [5.74, 6) is 1.27. The molecule has 1 amide bonds. The summed E-state index contributed by atoms with van der Waals surface area (Å²) in [6.45, 7) is 0.563. The number of benzene rings is 1. The van der Waals surface area contributed by atoms with Crippen LogP contribution in [0.15, 0.2) is 18.2 Å². The molecule has 2 rings (SSSR count). The number of amides is 1. The van der Waals surface area contributed by atoms with Crippen molar-refractivity contribution in [2.24, 2.45) is 0 Å². The first kappa shape index (κ1) is 14.1. The molecule has 0 aromatic heterocycles. The van der Waals surface area contributed by atoms with Gasteiger partial charge < -0.3 is 14.7 Å². The maximum Gasteiger partial charge on any atom is 0.223 e. The first-order valence-corrected chi connectivity index (χ1v) is 7.05. The maximum atomic E-state index is 12.0. The van der Waals surface area contributed by atoms with E-state index in [2.05, 4.69) is 12.6 Å². The molecule has 5 heteroatoms. The minimum Gasteiger partial charge on any atom is -0.504 e. The van der Waals surface area contributed by atoms with Crippen LogP contribution in [0.1, 0.15) is 24.8 Å². The summed E-state index contributed by atoms with van der Waals surface area (Å²) in [6.07, 6.45) is 2.62. The van der Waals surface area contributed by atoms with Crippen molar-refractivity contribution in [1.29, 1.82) is 0 Å². The van der Waals surface area contributed by atoms with Crippen molar-refractivity contribution in [3.63, 3.8) is 0 Å². The Kier molecular flexibility index (Phi) is 4.58. The van der Waals surface area contributed by atoms with Crippen molar-refractivity contribution in [3.05, 3.63) is 23.8 Å². The lowest BCUT2D eigenvalue weighted by atomic mass is 10.1. The third-order valence-corrected chi connectivity index (χ3v) is 3.45. The number of carbonyl (C=O) groups excluding carboxylic acids is 1. The molecule has 1 aliphatic carbocycles. The monoisotopic (exact) mass is 281 g/mol. The number of carbonyl (C=O) groups is 1. The number of thiol groups is 1. The molecule has 1 aliphatic rings. The first-order valence-electron chi connectivity index (χ1n) is 6.42. The lowest BCUT2D eigenvalue weighted by molar-refractivity contribution is -0.131. The van der Waals surface area contributed by atoms with Gasteiger partial charge in [0.25, 0.3) is 0 Å². The highest BCUT2D eigenvalue weighted by atomic mass is 32.1. The van der Waals surface area contributed by atoms with Gasteiger partial charge in [0.1, 0.15) is 0 Å². The van der Waals surface area contributed by atoms with E-state index in [-0.39, 0.29) is 11.7 Å². The van der Waals surface area contributed by atoms with Gasteiger partial charge in [-0.3, -0.25) is 4.79 Å². The summed E-state index contributed by atoms with van der Waals surface area (Å²) in [4.78, 5) is 14.0. The van der Waals surface area contributed by atoms with Gasteiger partial charge in [-0.15, -0.1) is 0 Å². The fraction of sp³-hybridized carbons (Fsp3) is 0.500. The second-order valence-electron chi connectivity index (χ2n) is 4.73. The number of nitrogens with zero attached hydrogens (tertiary/aromatic N) is 1. The van der Waals surface area contributed by atoms with E-state index in [4.69, 9.17) is 4.74 Å². The highest BCUT2D eigenvalue weighted by Gasteiger charge is 2.32. The Bertz CT molecular complexity index is 460. The van der Waals surface area contributed by atoms with E-state index >= 15 is 0 Å². The molecular weight excluding hydrogens is 262 g/mol. The zero-order valence-electron chi connectivity index (χ0n) is 11.0. The summed E-state index contributed by atoms with van der Waals surface area (Å²) in [5, 5.41) is 9.57. The van der Waals surface area contributed by atoms with E-state index in [1.165, 1.54) is 7.11 Å². The molecule has 1 N–H and O–H groups in total. The Labute approximate surface area is 118 Å². The van der Waals surface area contributed by atoms with Crippen molar-refractivity contribution in [1.82, 2.24) is 4.90 Å². The maximum absolute atomic E-state index is 12.0. The molecule has 0 unspecified atom stereocenters. The molecule has 0 heterocycles. The number of rotatable bonds is 6. The molecule has 0 spiro atoms. The smallest absolute Gasteiger partial charge is 0.223 e. The molecule has 4 nitrogen and oxygen atoms in total. The Hall–Kier alpha value is -1.36. The van der Waals surface area contributed by atoms with Crippen LogP contribution in [0.2, 0.25) is 0 Å². The standard InChI is InChI=1S/C14H19NO3S/c1-18-13-8-10(2-5-12(13)16)9-15(11-3-4-11)14(17)6-7-19/h2,5,8,11,16,19H,3-4,6-7,9H2,1H3. The average molecular weight is 281 g/mol. The van der Waals surface area contributed by atoms with E-state index in [0.717, 1.165) is 18.4 Å². The second kappa shape index (κ2) is 6.19. The lowest BCUT2D eigenvalue weighted by Gasteiger charge is -2.22. The topological polar surface area (TPSA) is 49.8 Å². The van der Waals surface area contributed by atoms with Gasteiger partial charge in [-0.1, -0.05) is 6.07 Å². The van der Waals surface area contributed by atoms with Crippen molar-refractivity contribution in [2.45, 2.75) is 31.8 Å². The summed E-state index contributed by atoms with van der Waals surface area (Å²) in [7, 11) is 1.52. The van der Waals surface area contributed by atoms with E-state index in [9.17, 15) is 9.90 Å². The van der Waals surface area contributed by atoms with Gasteiger partial charge in [0, 0.05) is 19.0 Å². The Morgan fingerprint density at radius 1 is 1.53 bits per heavy atom. The van der Waals surface area contributed by atoms with Crippen LogP contribution < -0.4 is 4.74 Å². The minimum absolute atomic E-state index is 0.117. The normalized spacial score (nSPS) is 14.2. The Morgan fingerprint density at radius 3 is 2.84 bits per heavy atom. The van der Waals surface area contributed by atoms with Crippen LogP contribution in [0, 0.1) is 0 Å². The van der Waals surface area contributed by atoms with Crippen LogP contribution in [0.4, 0.5) is 0 Å². The second-order valence-corrected chi connectivity index (χ2v) is 5.18. The summed E-state index contributed by atoms with van der Waals surface area (Å²) in [6, 6.07) is 5.56. The molecule has 0 aliphatic heterocycles. The molecule has 0 atom stereocenters. The van der Waals surface area contributed by atoms with Crippen molar-refractivity contribution in [2.75, 3.05) is 12.9 Å². The third-order valence-electron chi connectivity index (χ3n) is 3.23. The molecular formula is C14H19NO3S. The van der Waals surface area contributed by atoms with E-state index in [1.54, 1.807) is 12.1 Å². The number of aromatic hydroxyl groups is 1. The van der Waals surface area contributed by atoms with Gasteiger partial charge in [-0.2, -0.15) is 12.6 Å². The minimum atomic E-state index is 0.117. The third kappa shape index (κ3) is 3.56. The van der Waals surface area contributed by atoms with Crippen LogP contribution in [-0.4, -0.2) is 34.8 Å². The zero-order chi connectivity index (χ0) is 13.8. The predicted octanol–water partition coefficient (Wildman–Crippen LogP) is 2.21. The number of phenolic OH excluding ortho intramolecular Hbond substituents is 1. The number of methoxy groups -OCH3 is 1. The van der Waals surface area contributed by atoms with Crippen molar-refractivity contribution >= 4 is 18.5 Å². The number of ether oxygens (including phenoxy) is 1. The fourth-order valence-corrected chi connectivity index (χ4v) is 2.25. The predicted molar refractivity (Wildman–Crippen MR) is 76.7 cm³/mol. The highest BCUT2D eigenvalue weighted by molar-refractivity contribution is 7.80. The van der Waals surface area contributed by atoms with Crippen LogP contribution in [0.25, 0.3) is 0 Å². The Morgan fingerprint density at radius 2 is 2.26 bits per heavy atom. The first-order chi connectivity index (χ1) is 9.15. The van der Waals surface area contributed by atoms with Crippen LogP contribution in [-0.2, 0) is 11.3 Å². The zero-order valence-corrected chi connectivity index (χ0v) is 11.9. The van der Waals surface area contributed by atoms with Gasteiger partial charge in [0.2, 0.25) is 5.91 Å². The summed E-state index contributed by atoms with van der Waals surface area (Å²) in [5.41, 5.74) is 0.967. The number of hydrogen-bond donors (Lipinski definition) is 2. The molecule has 0 radical (unpaired) electrons. The quantitative estimate of drug-likeness (QED) is 0.786.